The van der Waals surface area contributed by atoms with Crippen molar-refractivity contribution in [2.24, 2.45) is 0 Å². The Hall–Kier alpha value is -2.29. The molecule has 0 N–H and O–H groups in total. The van der Waals surface area contributed by atoms with Gasteiger partial charge in [-0.3, -0.25) is 4.79 Å². The van der Waals surface area contributed by atoms with Gasteiger partial charge in [0, 0.05) is 6.42 Å². The summed E-state index contributed by atoms with van der Waals surface area (Å²) in [7, 11) is 1.64. The first kappa shape index (κ1) is 16.2. The molecule has 0 radical (unpaired) electrons. The molecule has 3 atom stereocenters. The average Bonchev–Trinajstić information content (AvgIpc) is 3.26. The summed E-state index contributed by atoms with van der Waals surface area (Å²) in [5.74, 6) is 0.751. The number of carbonyl (C=O) groups is 1. The first-order valence-corrected chi connectivity index (χ1v) is 8.14. The average molecular weight is 345 g/mol. The van der Waals surface area contributed by atoms with E-state index in [4.69, 9.17) is 18.9 Å². The van der Waals surface area contributed by atoms with E-state index in [2.05, 4.69) is 10.3 Å². The molecule has 4 rings (SSSR count). The third-order valence-corrected chi connectivity index (χ3v) is 4.33. The van der Waals surface area contributed by atoms with E-state index in [-0.39, 0.29) is 24.6 Å². The highest BCUT2D eigenvalue weighted by molar-refractivity contribution is 5.83. The molecule has 2 fully saturated rings. The lowest BCUT2D eigenvalue weighted by atomic mass is 10.1. The predicted octanol–water partition coefficient (Wildman–Crippen LogP) is 0.934. The van der Waals surface area contributed by atoms with Crippen molar-refractivity contribution >= 4 is 5.78 Å². The van der Waals surface area contributed by atoms with E-state index in [0.29, 0.717) is 25.3 Å². The van der Waals surface area contributed by atoms with Crippen LogP contribution >= 0.6 is 0 Å². The number of ketones is 1. The Morgan fingerprint density at radius 2 is 2.16 bits per heavy atom. The monoisotopic (exact) mass is 345 g/mol. The van der Waals surface area contributed by atoms with Crippen LogP contribution < -0.4 is 4.74 Å². The molecule has 132 valence electrons. The van der Waals surface area contributed by atoms with Crippen molar-refractivity contribution in [1.82, 2.24) is 15.0 Å². The van der Waals surface area contributed by atoms with Crippen molar-refractivity contribution in [3.05, 3.63) is 41.7 Å². The summed E-state index contributed by atoms with van der Waals surface area (Å²) in [5.41, 5.74) is 1.81. The molecule has 25 heavy (non-hydrogen) atoms. The first-order chi connectivity index (χ1) is 12.2. The van der Waals surface area contributed by atoms with Gasteiger partial charge in [0.25, 0.3) is 0 Å². The lowest BCUT2D eigenvalue weighted by Gasteiger charge is -2.25. The van der Waals surface area contributed by atoms with Crippen molar-refractivity contribution in [3.63, 3.8) is 0 Å². The molecule has 0 aliphatic carbocycles. The fourth-order valence-corrected chi connectivity index (χ4v) is 2.97. The van der Waals surface area contributed by atoms with Gasteiger partial charge in [-0.1, -0.05) is 17.3 Å². The molecule has 2 aliphatic rings. The number of hydrogen-bond acceptors (Lipinski definition) is 7. The van der Waals surface area contributed by atoms with Gasteiger partial charge in [0.1, 0.15) is 17.5 Å². The molecular weight excluding hydrogens is 326 g/mol. The number of benzene rings is 1. The highest BCUT2D eigenvalue weighted by atomic mass is 16.7. The molecule has 2 aliphatic heterocycles. The van der Waals surface area contributed by atoms with E-state index in [0.717, 1.165) is 11.3 Å². The molecule has 8 heteroatoms. The number of hydrogen-bond donors (Lipinski definition) is 0. The largest absolute Gasteiger partial charge is 0.497 e. The van der Waals surface area contributed by atoms with E-state index < -0.39 is 6.29 Å². The number of carbonyl (C=O) groups excluding carboxylic acids is 1. The molecule has 1 aromatic carbocycles. The molecule has 2 bridgehead atoms. The van der Waals surface area contributed by atoms with Crippen LogP contribution in [0.4, 0.5) is 0 Å². The van der Waals surface area contributed by atoms with E-state index in [1.165, 1.54) is 0 Å². The molecule has 3 heterocycles. The van der Waals surface area contributed by atoms with Crippen molar-refractivity contribution in [2.45, 2.75) is 38.1 Å². The second-order valence-corrected chi connectivity index (χ2v) is 6.12. The lowest BCUT2D eigenvalue weighted by molar-refractivity contribution is -0.168. The second-order valence-electron chi connectivity index (χ2n) is 6.12. The molecule has 2 aromatic rings. The maximum Gasteiger partial charge on any atom is 0.218 e. The summed E-state index contributed by atoms with van der Waals surface area (Å²) in [6.07, 6.45) is 0.976. The van der Waals surface area contributed by atoms with Crippen LogP contribution in [0.1, 0.15) is 17.7 Å². The van der Waals surface area contributed by atoms with Gasteiger partial charge in [0.2, 0.25) is 6.29 Å². The summed E-state index contributed by atoms with van der Waals surface area (Å²) >= 11 is 0. The zero-order valence-electron chi connectivity index (χ0n) is 13.8. The van der Waals surface area contributed by atoms with E-state index in [1.807, 2.05) is 30.5 Å². The Morgan fingerprint density at radius 1 is 1.32 bits per heavy atom. The van der Waals surface area contributed by atoms with E-state index in [9.17, 15) is 4.79 Å². The van der Waals surface area contributed by atoms with Gasteiger partial charge in [0.05, 0.1) is 39.2 Å². The topological polar surface area (TPSA) is 84.7 Å². The Kier molecular flexibility index (Phi) is 4.48. The Bertz CT molecular complexity index is 745. The number of fused-ring (bicyclic) bond motifs is 2. The van der Waals surface area contributed by atoms with Crippen LogP contribution in [0.5, 0.6) is 5.75 Å². The van der Waals surface area contributed by atoms with Crippen molar-refractivity contribution in [3.8, 4) is 5.75 Å². The van der Waals surface area contributed by atoms with Crippen LogP contribution in [0.15, 0.2) is 30.5 Å². The number of aromatic nitrogens is 3. The van der Waals surface area contributed by atoms with Crippen LogP contribution in [-0.4, -0.2) is 53.0 Å². The molecule has 0 amide bonds. The fraction of sp³-hybridized carbons (Fsp3) is 0.471. The maximum absolute atomic E-state index is 11.8. The third-order valence-electron chi connectivity index (χ3n) is 4.33. The number of nitrogens with zero attached hydrogens (tertiary/aromatic N) is 3. The smallest absolute Gasteiger partial charge is 0.218 e. The lowest BCUT2D eigenvalue weighted by Crippen LogP contribution is -2.40. The second kappa shape index (κ2) is 6.91. The third kappa shape index (κ3) is 3.55. The maximum atomic E-state index is 11.8. The molecule has 0 saturated carbocycles. The molecule has 8 nitrogen and oxygen atoms in total. The molecule has 0 unspecified atom stereocenters. The van der Waals surface area contributed by atoms with Crippen LogP contribution in [0.3, 0.4) is 0 Å². The Labute approximate surface area is 144 Å². The van der Waals surface area contributed by atoms with Crippen LogP contribution in [0.25, 0.3) is 0 Å². The number of ether oxygens (including phenoxy) is 4. The predicted molar refractivity (Wildman–Crippen MR) is 84.9 cm³/mol. The van der Waals surface area contributed by atoms with Crippen LogP contribution in [0, 0.1) is 0 Å². The van der Waals surface area contributed by atoms with Gasteiger partial charge in [-0.25, -0.2) is 4.68 Å². The summed E-state index contributed by atoms with van der Waals surface area (Å²) in [6, 6.07) is 7.79. The van der Waals surface area contributed by atoms with Crippen molar-refractivity contribution in [1.29, 1.82) is 0 Å². The number of Topliss-reactive ketones (excluding diaryl/α,β-unsaturated/α-hetero) is 1. The fourth-order valence-electron chi connectivity index (χ4n) is 2.97. The van der Waals surface area contributed by atoms with Gasteiger partial charge in [-0.05, 0) is 17.7 Å². The van der Waals surface area contributed by atoms with Gasteiger partial charge in [-0.15, -0.1) is 5.10 Å². The Morgan fingerprint density at radius 3 is 2.96 bits per heavy atom. The molecule has 0 spiro atoms. The minimum atomic E-state index is -0.699. The van der Waals surface area contributed by atoms with Crippen LogP contribution in [-0.2, 0) is 32.2 Å². The normalized spacial score (nSPS) is 25.3. The van der Waals surface area contributed by atoms with Gasteiger partial charge in [-0.2, -0.15) is 0 Å². The quantitative estimate of drug-likeness (QED) is 0.770. The summed E-state index contributed by atoms with van der Waals surface area (Å²) < 4.78 is 23.4. The van der Waals surface area contributed by atoms with E-state index in [1.54, 1.807) is 11.8 Å². The molecular formula is C17H19N3O5. The van der Waals surface area contributed by atoms with Crippen molar-refractivity contribution < 1.29 is 23.7 Å². The number of methoxy groups -OCH3 is 1. The minimum absolute atomic E-state index is 0.0677. The van der Waals surface area contributed by atoms with Crippen molar-refractivity contribution in [2.75, 3.05) is 13.7 Å². The zero-order valence-corrected chi connectivity index (χ0v) is 13.8. The highest BCUT2D eigenvalue weighted by Gasteiger charge is 2.43. The zero-order chi connectivity index (χ0) is 17.2. The standard InChI is InChI=1S/C17H19N3O5/c1-22-13-4-2-11(3-5-13)7-20-8-12(18-19-20)9-23-15-6-14(21)17-24-10-16(15)25-17/h2-5,8,15-17H,6-7,9-10H2,1H3/t15-,16+,17+/m0/s1. The summed E-state index contributed by atoms with van der Waals surface area (Å²) in [4.78, 5) is 11.8. The first-order valence-electron chi connectivity index (χ1n) is 8.14. The molecule has 2 saturated heterocycles. The van der Waals surface area contributed by atoms with Gasteiger partial charge < -0.3 is 18.9 Å². The molecule has 1 aromatic heterocycles. The highest BCUT2D eigenvalue weighted by Crippen LogP contribution is 2.27. The van der Waals surface area contributed by atoms with Gasteiger partial charge in [0.15, 0.2) is 5.78 Å². The van der Waals surface area contributed by atoms with E-state index >= 15 is 0 Å². The SMILES string of the molecule is COc1ccc(Cn2cc(CO[C@H]3CC(=O)[C@@H]4OC[C@H]3O4)nn2)cc1. The van der Waals surface area contributed by atoms with Gasteiger partial charge >= 0.3 is 0 Å². The Balaban J connectivity index is 1.32. The summed E-state index contributed by atoms with van der Waals surface area (Å²) in [6.45, 7) is 1.29. The minimum Gasteiger partial charge on any atom is -0.497 e. The summed E-state index contributed by atoms with van der Waals surface area (Å²) in [5, 5.41) is 8.23. The number of rotatable bonds is 6. The van der Waals surface area contributed by atoms with Crippen LogP contribution in [0.2, 0.25) is 0 Å².